The van der Waals surface area contributed by atoms with Gasteiger partial charge in [-0.05, 0) is 49.5 Å². The SMILES string of the molecule is COc1ccc(CN(C)C(=O)CN2CCC(C)CC2)cc1. The van der Waals surface area contributed by atoms with Crippen molar-refractivity contribution in [3.63, 3.8) is 0 Å². The van der Waals surface area contributed by atoms with Gasteiger partial charge in [0.25, 0.3) is 0 Å². The van der Waals surface area contributed by atoms with Crippen molar-refractivity contribution in [2.75, 3.05) is 33.8 Å². The number of methoxy groups -OCH3 is 1. The number of carbonyl (C=O) groups excluding carboxylic acids is 1. The highest BCUT2D eigenvalue weighted by Crippen LogP contribution is 2.16. The van der Waals surface area contributed by atoms with Crippen molar-refractivity contribution in [1.82, 2.24) is 9.80 Å². The van der Waals surface area contributed by atoms with E-state index < -0.39 is 0 Å². The number of piperidine rings is 1. The molecule has 1 aliphatic heterocycles. The van der Waals surface area contributed by atoms with Gasteiger partial charge in [0.05, 0.1) is 13.7 Å². The Morgan fingerprint density at radius 2 is 1.90 bits per heavy atom. The summed E-state index contributed by atoms with van der Waals surface area (Å²) in [7, 11) is 3.53. The van der Waals surface area contributed by atoms with Crippen molar-refractivity contribution < 1.29 is 9.53 Å². The number of nitrogens with zero attached hydrogens (tertiary/aromatic N) is 2. The highest BCUT2D eigenvalue weighted by Gasteiger charge is 2.19. The van der Waals surface area contributed by atoms with Gasteiger partial charge in [-0.15, -0.1) is 0 Å². The lowest BCUT2D eigenvalue weighted by atomic mass is 9.99. The molecule has 0 atom stereocenters. The van der Waals surface area contributed by atoms with Crippen LogP contribution in [0, 0.1) is 5.92 Å². The highest BCUT2D eigenvalue weighted by atomic mass is 16.5. The zero-order chi connectivity index (χ0) is 15.2. The normalized spacial score (nSPS) is 16.7. The van der Waals surface area contributed by atoms with Gasteiger partial charge in [0.15, 0.2) is 0 Å². The smallest absolute Gasteiger partial charge is 0.236 e. The largest absolute Gasteiger partial charge is 0.497 e. The van der Waals surface area contributed by atoms with Crippen LogP contribution in [-0.2, 0) is 11.3 Å². The highest BCUT2D eigenvalue weighted by molar-refractivity contribution is 5.78. The Morgan fingerprint density at radius 1 is 1.29 bits per heavy atom. The van der Waals surface area contributed by atoms with Crippen LogP contribution in [-0.4, -0.2) is 49.5 Å². The summed E-state index contributed by atoms with van der Waals surface area (Å²) in [6.45, 7) is 5.56. The number of amides is 1. The fraction of sp³-hybridized carbons (Fsp3) is 0.588. The standard InChI is InChI=1S/C17H26N2O2/c1-14-8-10-19(11-9-14)13-17(20)18(2)12-15-4-6-16(21-3)7-5-15/h4-7,14H,8-13H2,1-3H3. The summed E-state index contributed by atoms with van der Waals surface area (Å²) < 4.78 is 5.14. The number of likely N-dealkylation sites (tertiary alicyclic amines) is 1. The summed E-state index contributed by atoms with van der Waals surface area (Å²) in [5.41, 5.74) is 1.12. The number of ether oxygens (including phenoxy) is 1. The second kappa shape index (κ2) is 7.46. The zero-order valence-corrected chi connectivity index (χ0v) is 13.3. The van der Waals surface area contributed by atoms with Crippen LogP contribution in [0.25, 0.3) is 0 Å². The topological polar surface area (TPSA) is 32.8 Å². The van der Waals surface area contributed by atoms with Crippen molar-refractivity contribution in [2.24, 2.45) is 5.92 Å². The first kappa shape index (κ1) is 15.8. The fourth-order valence-electron chi connectivity index (χ4n) is 2.63. The van der Waals surface area contributed by atoms with Crippen molar-refractivity contribution in [2.45, 2.75) is 26.3 Å². The molecule has 1 amide bonds. The van der Waals surface area contributed by atoms with Crippen molar-refractivity contribution >= 4 is 5.91 Å². The lowest BCUT2D eigenvalue weighted by Gasteiger charge is -2.31. The molecule has 116 valence electrons. The third-order valence-corrected chi connectivity index (χ3v) is 4.24. The molecule has 21 heavy (non-hydrogen) atoms. The van der Waals surface area contributed by atoms with Crippen LogP contribution in [0.5, 0.6) is 5.75 Å². The number of benzene rings is 1. The van der Waals surface area contributed by atoms with E-state index in [1.165, 1.54) is 12.8 Å². The second-order valence-corrected chi connectivity index (χ2v) is 6.06. The molecule has 1 saturated heterocycles. The second-order valence-electron chi connectivity index (χ2n) is 6.06. The molecule has 0 aliphatic carbocycles. The van der Waals surface area contributed by atoms with Gasteiger partial charge in [0, 0.05) is 13.6 Å². The predicted molar refractivity (Wildman–Crippen MR) is 84.3 cm³/mol. The van der Waals surface area contributed by atoms with Crippen LogP contribution in [0.1, 0.15) is 25.3 Å². The average Bonchev–Trinajstić information content (AvgIpc) is 2.50. The van der Waals surface area contributed by atoms with Gasteiger partial charge in [0.2, 0.25) is 5.91 Å². The molecule has 4 heteroatoms. The van der Waals surface area contributed by atoms with E-state index in [2.05, 4.69) is 11.8 Å². The Kier molecular flexibility index (Phi) is 5.62. The Morgan fingerprint density at radius 3 is 2.48 bits per heavy atom. The lowest BCUT2D eigenvalue weighted by molar-refractivity contribution is -0.132. The minimum Gasteiger partial charge on any atom is -0.497 e. The first-order chi connectivity index (χ1) is 10.1. The van der Waals surface area contributed by atoms with E-state index in [0.29, 0.717) is 13.1 Å². The van der Waals surface area contributed by atoms with Gasteiger partial charge in [0.1, 0.15) is 5.75 Å². The van der Waals surface area contributed by atoms with Gasteiger partial charge in [-0.3, -0.25) is 9.69 Å². The van der Waals surface area contributed by atoms with E-state index in [1.807, 2.05) is 31.3 Å². The van der Waals surface area contributed by atoms with E-state index >= 15 is 0 Å². The maximum atomic E-state index is 12.3. The molecule has 1 fully saturated rings. The number of likely N-dealkylation sites (N-methyl/N-ethyl adjacent to an activating group) is 1. The van der Waals surface area contributed by atoms with E-state index in [1.54, 1.807) is 12.0 Å². The summed E-state index contributed by atoms with van der Waals surface area (Å²) in [5.74, 6) is 1.84. The van der Waals surface area contributed by atoms with E-state index in [9.17, 15) is 4.79 Å². The summed E-state index contributed by atoms with van der Waals surface area (Å²) in [6, 6.07) is 7.87. The minimum atomic E-state index is 0.195. The van der Waals surface area contributed by atoms with Crippen molar-refractivity contribution in [3.8, 4) is 5.75 Å². The fourth-order valence-corrected chi connectivity index (χ4v) is 2.63. The number of hydrogen-bond acceptors (Lipinski definition) is 3. The van der Waals surface area contributed by atoms with Crippen LogP contribution >= 0.6 is 0 Å². The Balaban J connectivity index is 1.81. The molecule has 0 N–H and O–H groups in total. The van der Waals surface area contributed by atoms with Gasteiger partial charge in [-0.1, -0.05) is 19.1 Å². The summed E-state index contributed by atoms with van der Waals surface area (Å²) in [6.07, 6.45) is 2.41. The van der Waals surface area contributed by atoms with Gasteiger partial charge in [-0.25, -0.2) is 0 Å². The Labute approximate surface area is 127 Å². The number of carbonyl (C=O) groups is 1. The molecule has 0 aromatic heterocycles. The molecule has 1 heterocycles. The van der Waals surface area contributed by atoms with Crippen LogP contribution < -0.4 is 4.74 Å². The Hall–Kier alpha value is -1.55. The summed E-state index contributed by atoms with van der Waals surface area (Å²) in [4.78, 5) is 16.4. The van der Waals surface area contributed by atoms with Crippen LogP contribution in [0.2, 0.25) is 0 Å². The van der Waals surface area contributed by atoms with E-state index in [-0.39, 0.29) is 5.91 Å². The number of hydrogen-bond donors (Lipinski definition) is 0. The van der Waals surface area contributed by atoms with E-state index in [0.717, 1.165) is 30.3 Å². The monoisotopic (exact) mass is 290 g/mol. The molecule has 1 aromatic carbocycles. The molecule has 2 rings (SSSR count). The first-order valence-corrected chi connectivity index (χ1v) is 7.67. The molecule has 0 spiro atoms. The van der Waals surface area contributed by atoms with E-state index in [4.69, 9.17) is 4.74 Å². The molecule has 0 bridgehead atoms. The molecule has 1 aliphatic rings. The van der Waals surface area contributed by atoms with Crippen molar-refractivity contribution in [1.29, 1.82) is 0 Å². The van der Waals surface area contributed by atoms with Crippen LogP contribution in [0.15, 0.2) is 24.3 Å². The first-order valence-electron chi connectivity index (χ1n) is 7.67. The lowest BCUT2D eigenvalue weighted by Crippen LogP contribution is -2.41. The van der Waals surface area contributed by atoms with Gasteiger partial charge < -0.3 is 9.64 Å². The molecular weight excluding hydrogens is 264 g/mol. The molecule has 0 saturated carbocycles. The predicted octanol–water partition coefficient (Wildman–Crippen LogP) is 2.39. The van der Waals surface area contributed by atoms with Gasteiger partial charge >= 0.3 is 0 Å². The zero-order valence-electron chi connectivity index (χ0n) is 13.3. The molecule has 0 unspecified atom stereocenters. The van der Waals surface area contributed by atoms with Crippen LogP contribution in [0.3, 0.4) is 0 Å². The number of rotatable bonds is 5. The quantitative estimate of drug-likeness (QED) is 0.835. The Bertz CT molecular complexity index is 450. The van der Waals surface area contributed by atoms with Gasteiger partial charge in [-0.2, -0.15) is 0 Å². The summed E-state index contributed by atoms with van der Waals surface area (Å²) >= 11 is 0. The molecule has 4 nitrogen and oxygen atoms in total. The molecular formula is C17H26N2O2. The van der Waals surface area contributed by atoms with Crippen LogP contribution in [0.4, 0.5) is 0 Å². The third kappa shape index (κ3) is 4.74. The molecule has 1 aromatic rings. The maximum absolute atomic E-state index is 12.3. The maximum Gasteiger partial charge on any atom is 0.236 e. The molecule has 0 radical (unpaired) electrons. The average molecular weight is 290 g/mol. The summed E-state index contributed by atoms with van der Waals surface area (Å²) in [5, 5.41) is 0. The minimum absolute atomic E-state index is 0.195. The van der Waals surface area contributed by atoms with Crippen molar-refractivity contribution in [3.05, 3.63) is 29.8 Å². The third-order valence-electron chi connectivity index (χ3n) is 4.24.